The van der Waals surface area contributed by atoms with Gasteiger partial charge in [0.25, 0.3) is 0 Å². The third-order valence-corrected chi connectivity index (χ3v) is 7.52. The predicted octanol–water partition coefficient (Wildman–Crippen LogP) is 4.91. The molecule has 1 spiro atoms. The zero-order chi connectivity index (χ0) is 25.7. The molecule has 0 bridgehead atoms. The van der Waals surface area contributed by atoms with E-state index in [4.69, 9.17) is 14.5 Å². The molecule has 5 aromatic rings. The molecule has 0 unspecified atom stereocenters. The van der Waals surface area contributed by atoms with Gasteiger partial charge in [0.05, 0.1) is 35.8 Å². The maximum absolute atomic E-state index is 6.18. The molecule has 1 N–H and O–H groups in total. The highest BCUT2D eigenvalue weighted by molar-refractivity contribution is 5.87. The van der Waals surface area contributed by atoms with Gasteiger partial charge in [-0.2, -0.15) is 0 Å². The van der Waals surface area contributed by atoms with Crippen LogP contribution >= 0.6 is 0 Å². The summed E-state index contributed by atoms with van der Waals surface area (Å²) in [7, 11) is 1.98. The molecule has 3 aromatic heterocycles. The van der Waals surface area contributed by atoms with Gasteiger partial charge in [-0.05, 0) is 55.7 Å². The van der Waals surface area contributed by atoms with Crippen LogP contribution in [0, 0.1) is 6.92 Å². The van der Waals surface area contributed by atoms with Crippen LogP contribution in [-0.2, 0) is 11.8 Å². The molecule has 0 amide bonds. The lowest BCUT2D eigenvalue weighted by Crippen LogP contribution is -2.56. The molecule has 192 valence electrons. The fourth-order valence-electron chi connectivity index (χ4n) is 5.35. The molecule has 2 aromatic carbocycles. The first kappa shape index (κ1) is 22.9. The lowest BCUT2D eigenvalue weighted by atomic mass is 9.86. The molecule has 2 saturated heterocycles. The Bertz CT molecular complexity index is 1660. The van der Waals surface area contributed by atoms with Crippen LogP contribution in [0.25, 0.3) is 22.1 Å². The molecule has 38 heavy (non-hydrogen) atoms. The van der Waals surface area contributed by atoms with Gasteiger partial charge < -0.3 is 24.3 Å². The molecule has 1 atom stereocenters. The fraction of sp³-hybridized carbons (Fsp3) is 0.321. The zero-order valence-electron chi connectivity index (χ0n) is 21.4. The minimum atomic E-state index is -0.0322. The maximum atomic E-state index is 6.18. The van der Waals surface area contributed by atoms with Crippen LogP contribution in [0.2, 0.25) is 0 Å². The number of hydrogen-bond donors (Lipinski definition) is 1. The summed E-state index contributed by atoms with van der Waals surface area (Å²) in [6, 6.07) is 11.9. The highest BCUT2D eigenvalue weighted by Crippen LogP contribution is 2.37. The lowest BCUT2D eigenvalue weighted by molar-refractivity contribution is -0.151. The van der Waals surface area contributed by atoms with Gasteiger partial charge in [0.2, 0.25) is 5.95 Å². The number of aromatic nitrogens is 6. The molecule has 7 rings (SSSR count). The number of ether oxygens (including phenoxy) is 2. The molecule has 2 aliphatic rings. The standard InChI is InChI=1S/C28H28N8O2/c1-18-12-19(4-7-24(18)38-20-5-6-23-21(13-20)32-17-35(23)2)33-26-25-22(30-16-31-26)14-29-27(34-25)36-10-3-8-28(15-36)9-11-37-28/h4-7,12-14,16-17H,3,8-11,15H2,1-2H3,(H,30,31,33)/t28-/m1/s1. The summed E-state index contributed by atoms with van der Waals surface area (Å²) in [5, 5.41) is 3.42. The molecule has 0 radical (unpaired) electrons. The van der Waals surface area contributed by atoms with E-state index in [1.807, 2.05) is 54.9 Å². The van der Waals surface area contributed by atoms with Gasteiger partial charge in [-0.15, -0.1) is 0 Å². The van der Waals surface area contributed by atoms with E-state index in [2.05, 4.69) is 30.2 Å². The van der Waals surface area contributed by atoms with Gasteiger partial charge in [-0.3, -0.25) is 0 Å². The van der Waals surface area contributed by atoms with Crippen LogP contribution in [0.5, 0.6) is 11.5 Å². The number of rotatable bonds is 5. The number of fused-ring (bicyclic) bond motifs is 2. The van der Waals surface area contributed by atoms with Crippen molar-refractivity contribution in [2.75, 3.05) is 29.9 Å². The third-order valence-electron chi connectivity index (χ3n) is 7.52. The van der Waals surface area contributed by atoms with Crippen molar-refractivity contribution in [2.24, 2.45) is 7.05 Å². The Hall–Kier alpha value is -4.31. The summed E-state index contributed by atoms with van der Waals surface area (Å²) in [5.74, 6) is 2.85. The number of nitrogens with one attached hydrogen (secondary N) is 1. The smallest absolute Gasteiger partial charge is 0.226 e. The van der Waals surface area contributed by atoms with Crippen LogP contribution < -0.4 is 15.0 Å². The van der Waals surface area contributed by atoms with Crippen molar-refractivity contribution in [1.29, 1.82) is 0 Å². The number of anilines is 3. The van der Waals surface area contributed by atoms with Crippen molar-refractivity contribution in [3.63, 3.8) is 0 Å². The molecule has 0 saturated carbocycles. The van der Waals surface area contributed by atoms with Gasteiger partial charge >= 0.3 is 0 Å². The van der Waals surface area contributed by atoms with Crippen LogP contribution in [-0.4, -0.2) is 54.8 Å². The van der Waals surface area contributed by atoms with E-state index >= 15 is 0 Å². The predicted molar refractivity (Wildman–Crippen MR) is 145 cm³/mol. The molecule has 10 nitrogen and oxygen atoms in total. The number of piperidine rings is 1. The average molecular weight is 509 g/mol. The van der Waals surface area contributed by atoms with Crippen molar-refractivity contribution in [1.82, 2.24) is 29.5 Å². The first-order valence-electron chi connectivity index (χ1n) is 12.9. The summed E-state index contributed by atoms with van der Waals surface area (Å²) in [5.41, 5.74) is 5.19. The topological polar surface area (TPSA) is 103 Å². The van der Waals surface area contributed by atoms with Gasteiger partial charge in [-0.25, -0.2) is 24.9 Å². The summed E-state index contributed by atoms with van der Waals surface area (Å²) in [6.07, 6.45) is 8.38. The summed E-state index contributed by atoms with van der Waals surface area (Å²) in [6.45, 7) is 4.60. The van der Waals surface area contributed by atoms with Gasteiger partial charge in [-0.1, -0.05) is 0 Å². The number of hydrogen-bond acceptors (Lipinski definition) is 9. The maximum Gasteiger partial charge on any atom is 0.226 e. The molecule has 0 aliphatic carbocycles. The van der Waals surface area contributed by atoms with Crippen molar-refractivity contribution >= 4 is 39.5 Å². The van der Waals surface area contributed by atoms with E-state index in [1.54, 1.807) is 12.5 Å². The summed E-state index contributed by atoms with van der Waals surface area (Å²) in [4.78, 5) is 25.0. The highest BCUT2D eigenvalue weighted by Gasteiger charge is 2.42. The molecular formula is C28H28N8O2. The van der Waals surface area contributed by atoms with E-state index in [-0.39, 0.29) is 5.60 Å². The molecule has 5 heterocycles. The molecule has 10 heteroatoms. The lowest BCUT2D eigenvalue weighted by Gasteiger charge is -2.48. The Morgan fingerprint density at radius 1 is 1.03 bits per heavy atom. The molecular weight excluding hydrogens is 480 g/mol. The fourth-order valence-corrected chi connectivity index (χ4v) is 5.35. The normalized spacial score (nSPS) is 19.2. The monoisotopic (exact) mass is 508 g/mol. The van der Waals surface area contributed by atoms with Crippen molar-refractivity contribution in [3.8, 4) is 11.5 Å². The van der Waals surface area contributed by atoms with Crippen molar-refractivity contribution < 1.29 is 9.47 Å². The van der Waals surface area contributed by atoms with E-state index in [0.717, 1.165) is 72.7 Å². The number of nitrogens with zero attached hydrogens (tertiary/aromatic N) is 7. The van der Waals surface area contributed by atoms with Crippen LogP contribution in [0.4, 0.5) is 17.5 Å². The summed E-state index contributed by atoms with van der Waals surface area (Å²) >= 11 is 0. The van der Waals surface area contributed by atoms with Crippen LogP contribution in [0.15, 0.2) is 55.2 Å². The molecule has 2 aliphatic heterocycles. The zero-order valence-corrected chi connectivity index (χ0v) is 21.4. The number of benzene rings is 2. The third kappa shape index (κ3) is 4.06. The largest absolute Gasteiger partial charge is 0.457 e. The first-order chi connectivity index (χ1) is 18.6. The van der Waals surface area contributed by atoms with Crippen molar-refractivity contribution in [2.45, 2.75) is 31.8 Å². The van der Waals surface area contributed by atoms with Crippen LogP contribution in [0.3, 0.4) is 0 Å². The second-order valence-electron chi connectivity index (χ2n) is 10.1. The Kier molecular flexibility index (Phi) is 5.36. The van der Waals surface area contributed by atoms with E-state index in [0.29, 0.717) is 22.8 Å². The Balaban J connectivity index is 1.13. The van der Waals surface area contributed by atoms with Crippen molar-refractivity contribution in [3.05, 3.63) is 60.8 Å². The van der Waals surface area contributed by atoms with E-state index in [9.17, 15) is 0 Å². The van der Waals surface area contributed by atoms with E-state index < -0.39 is 0 Å². The first-order valence-corrected chi connectivity index (χ1v) is 12.9. The average Bonchev–Trinajstić information content (AvgIpc) is 3.29. The second kappa shape index (κ2) is 8.91. The van der Waals surface area contributed by atoms with Crippen LogP contribution in [0.1, 0.15) is 24.8 Å². The quantitative estimate of drug-likeness (QED) is 0.355. The Labute approximate surface area is 219 Å². The van der Waals surface area contributed by atoms with Gasteiger partial charge in [0.15, 0.2) is 5.82 Å². The van der Waals surface area contributed by atoms with Gasteiger partial charge in [0, 0.05) is 38.3 Å². The molecule has 2 fully saturated rings. The SMILES string of the molecule is Cc1cc(Nc2ncnc3cnc(N4CCC[C@@]5(CCO5)C4)nc23)ccc1Oc1ccc2c(c1)ncn2C. The number of aryl methyl sites for hydroxylation is 2. The number of imidazole rings is 1. The van der Waals surface area contributed by atoms with E-state index in [1.165, 1.54) is 6.33 Å². The Morgan fingerprint density at radius 3 is 2.79 bits per heavy atom. The van der Waals surface area contributed by atoms with Gasteiger partial charge in [0.1, 0.15) is 28.9 Å². The second-order valence-corrected chi connectivity index (χ2v) is 10.1. The minimum Gasteiger partial charge on any atom is -0.457 e. The Morgan fingerprint density at radius 2 is 1.95 bits per heavy atom. The minimum absolute atomic E-state index is 0.0322. The summed E-state index contributed by atoms with van der Waals surface area (Å²) < 4.78 is 14.1. The highest BCUT2D eigenvalue weighted by atomic mass is 16.5.